The number of amides is 2. The standard InChI is InChI=1S/C18H24ClN3O2.ClH/c19-14-6-2-4-8-16(14)22-11-13(9-17(22)23)18(24)21-15-7-3-1-5-12(15)10-20;/h2,4,6,8,12-13,15H,1,3,5,7,9-11,20H2,(H,21,24);1H. The maximum Gasteiger partial charge on any atom is 0.227 e. The summed E-state index contributed by atoms with van der Waals surface area (Å²) in [6.45, 7) is 0.981. The average molecular weight is 386 g/mol. The van der Waals surface area contributed by atoms with Crippen molar-refractivity contribution >= 4 is 41.5 Å². The summed E-state index contributed by atoms with van der Waals surface area (Å²) in [7, 11) is 0. The number of anilines is 1. The van der Waals surface area contributed by atoms with E-state index in [1.807, 2.05) is 18.2 Å². The monoisotopic (exact) mass is 385 g/mol. The van der Waals surface area contributed by atoms with E-state index in [2.05, 4.69) is 5.32 Å². The molecule has 0 aromatic heterocycles. The number of para-hydroxylation sites is 1. The predicted molar refractivity (Wildman–Crippen MR) is 102 cm³/mol. The van der Waals surface area contributed by atoms with Crippen LogP contribution in [0.3, 0.4) is 0 Å². The molecule has 7 heteroatoms. The number of carbonyl (C=O) groups excluding carboxylic acids is 2. The Morgan fingerprint density at radius 3 is 2.72 bits per heavy atom. The molecule has 0 bridgehead atoms. The molecule has 1 aliphatic carbocycles. The van der Waals surface area contributed by atoms with Crippen LogP contribution in [0.2, 0.25) is 5.02 Å². The van der Waals surface area contributed by atoms with Gasteiger partial charge in [-0.1, -0.05) is 36.6 Å². The van der Waals surface area contributed by atoms with E-state index in [1.165, 1.54) is 6.42 Å². The molecule has 1 aliphatic heterocycles. The number of carbonyl (C=O) groups is 2. The molecule has 5 nitrogen and oxygen atoms in total. The Kier molecular flexibility index (Phi) is 7.11. The third-order valence-corrected chi connectivity index (χ3v) is 5.50. The minimum absolute atomic E-state index is 0. The normalized spacial score (nSPS) is 26.2. The average Bonchev–Trinajstić information content (AvgIpc) is 2.97. The lowest BCUT2D eigenvalue weighted by atomic mass is 9.84. The third kappa shape index (κ3) is 4.46. The van der Waals surface area contributed by atoms with Gasteiger partial charge in [-0.25, -0.2) is 0 Å². The van der Waals surface area contributed by atoms with E-state index < -0.39 is 0 Å². The number of nitrogens with zero attached hydrogens (tertiary/aromatic N) is 1. The minimum atomic E-state index is -0.325. The number of nitrogens with one attached hydrogen (secondary N) is 1. The molecule has 0 spiro atoms. The van der Waals surface area contributed by atoms with E-state index >= 15 is 0 Å². The van der Waals surface area contributed by atoms with Gasteiger partial charge in [-0.2, -0.15) is 0 Å². The van der Waals surface area contributed by atoms with Crippen molar-refractivity contribution in [3.05, 3.63) is 29.3 Å². The third-order valence-electron chi connectivity index (χ3n) is 5.18. The van der Waals surface area contributed by atoms with Crippen LogP contribution in [0.25, 0.3) is 0 Å². The van der Waals surface area contributed by atoms with Gasteiger partial charge in [-0.15, -0.1) is 12.4 Å². The molecule has 138 valence electrons. The van der Waals surface area contributed by atoms with Gasteiger partial charge < -0.3 is 16.0 Å². The highest BCUT2D eigenvalue weighted by Crippen LogP contribution is 2.31. The number of benzene rings is 1. The van der Waals surface area contributed by atoms with Gasteiger partial charge in [0.25, 0.3) is 0 Å². The van der Waals surface area contributed by atoms with E-state index in [4.69, 9.17) is 17.3 Å². The first-order chi connectivity index (χ1) is 11.6. The summed E-state index contributed by atoms with van der Waals surface area (Å²) in [4.78, 5) is 26.6. The number of hydrogen-bond acceptors (Lipinski definition) is 3. The van der Waals surface area contributed by atoms with Crippen molar-refractivity contribution in [1.82, 2.24) is 5.32 Å². The van der Waals surface area contributed by atoms with Crippen molar-refractivity contribution < 1.29 is 9.59 Å². The molecule has 3 rings (SSSR count). The summed E-state index contributed by atoms with van der Waals surface area (Å²) < 4.78 is 0. The van der Waals surface area contributed by atoms with Gasteiger partial charge in [-0.05, 0) is 37.4 Å². The summed E-state index contributed by atoms with van der Waals surface area (Å²) in [6, 6.07) is 7.38. The molecular formula is C18H25Cl2N3O2. The van der Waals surface area contributed by atoms with Crippen molar-refractivity contribution in [3.63, 3.8) is 0 Å². The number of nitrogens with two attached hydrogens (primary N) is 1. The predicted octanol–water partition coefficient (Wildman–Crippen LogP) is 2.75. The molecular weight excluding hydrogens is 361 g/mol. The SMILES string of the molecule is Cl.NCC1CCCCC1NC(=O)C1CC(=O)N(c2ccccc2Cl)C1. The molecule has 1 aromatic rings. The van der Waals surface area contributed by atoms with Crippen LogP contribution in [-0.4, -0.2) is 30.9 Å². The van der Waals surface area contributed by atoms with Crippen LogP contribution in [0.5, 0.6) is 0 Å². The zero-order chi connectivity index (χ0) is 17.1. The van der Waals surface area contributed by atoms with Gasteiger partial charge >= 0.3 is 0 Å². The van der Waals surface area contributed by atoms with Crippen molar-refractivity contribution in [2.45, 2.75) is 38.1 Å². The first-order valence-corrected chi connectivity index (χ1v) is 9.03. The van der Waals surface area contributed by atoms with Crippen LogP contribution in [-0.2, 0) is 9.59 Å². The van der Waals surface area contributed by atoms with E-state index in [1.54, 1.807) is 11.0 Å². The van der Waals surface area contributed by atoms with Crippen LogP contribution in [0.1, 0.15) is 32.1 Å². The highest BCUT2D eigenvalue weighted by Gasteiger charge is 2.37. The smallest absolute Gasteiger partial charge is 0.227 e. The van der Waals surface area contributed by atoms with E-state index in [-0.39, 0.29) is 42.6 Å². The van der Waals surface area contributed by atoms with Crippen LogP contribution in [0.15, 0.2) is 24.3 Å². The van der Waals surface area contributed by atoms with Gasteiger partial charge in [0.05, 0.1) is 16.6 Å². The van der Waals surface area contributed by atoms with Gasteiger partial charge in [0.1, 0.15) is 0 Å². The quantitative estimate of drug-likeness (QED) is 0.836. The zero-order valence-electron chi connectivity index (χ0n) is 14.1. The highest BCUT2D eigenvalue weighted by molar-refractivity contribution is 6.33. The molecule has 3 N–H and O–H groups in total. The number of rotatable bonds is 4. The molecule has 1 heterocycles. The van der Waals surface area contributed by atoms with E-state index in [0.717, 1.165) is 19.3 Å². The number of halogens is 2. The second kappa shape index (κ2) is 8.88. The molecule has 1 aromatic carbocycles. The summed E-state index contributed by atoms with van der Waals surface area (Å²) in [6.07, 6.45) is 4.57. The maximum absolute atomic E-state index is 12.6. The Morgan fingerprint density at radius 2 is 2.00 bits per heavy atom. The summed E-state index contributed by atoms with van der Waals surface area (Å²) in [5, 5.41) is 3.67. The fraction of sp³-hybridized carbons (Fsp3) is 0.556. The highest BCUT2D eigenvalue weighted by atomic mass is 35.5. The van der Waals surface area contributed by atoms with Crippen molar-refractivity contribution in [3.8, 4) is 0 Å². The van der Waals surface area contributed by atoms with Gasteiger partial charge in [0, 0.05) is 19.0 Å². The lowest BCUT2D eigenvalue weighted by molar-refractivity contribution is -0.127. The Balaban J connectivity index is 0.00000225. The van der Waals surface area contributed by atoms with Crippen LogP contribution in [0.4, 0.5) is 5.69 Å². The molecule has 1 saturated carbocycles. The van der Waals surface area contributed by atoms with Crippen molar-refractivity contribution in [2.24, 2.45) is 17.6 Å². The molecule has 0 radical (unpaired) electrons. The minimum Gasteiger partial charge on any atom is -0.353 e. The molecule has 1 saturated heterocycles. The maximum atomic E-state index is 12.6. The first-order valence-electron chi connectivity index (χ1n) is 8.65. The Morgan fingerprint density at radius 1 is 1.28 bits per heavy atom. The second-order valence-electron chi connectivity index (χ2n) is 6.75. The van der Waals surface area contributed by atoms with Crippen LogP contribution >= 0.6 is 24.0 Å². The Bertz CT molecular complexity index is 626. The van der Waals surface area contributed by atoms with Gasteiger partial charge in [-0.3, -0.25) is 9.59 Å². The van der Waals surface area contributed by atoms with Crippen molar-refractivity contribution in [1.29, 1.82) is 0 Å². The zero-order valence-corrected chi connectivity index (χ0v) is 15.7. The lowest BCUT2D eigenvalue weighted by Crippen LogP contribution is -2.47. The lowest BCUT2D eigenvalue weighted by Gasteiger charge is -2.32. The Labute approximate surface area is 159 Å². The Hall–Kier alpha value is -1.30. The molecule has 2 fully saturated rings. The molecule has 3 unspecified atom stereocenters. The summed E-state index contributed by atoms with van der Waals surface area (Å²) in [5.74, 6) is -0.0703. The van der Waals surface area contributed by atoms with Crippen LogP contribution < -0.4 is 16.0 Å². The topological polar surface area (TPSA) is 75.4 Å². The fourth-order valence-corrected chi connectivity index (χ4v) is 4.00. The van der Waals surface area contributed by atoms with Gasteiger partial charge in [0.15, 0.2) is 0 Å². The van der Waals surface area contributed by atoms with Crippen LogP contribution in [0, 0.1) is 11.8 Å². The second-order valence-corrected chi connectivity index (χ2v) is 7.16. The van der Waals surface area contributed by atoms with Crippen molar-refractivity contribution in [2.75, 3.05) is 18.0 Å². The molecule has 25 heavy (non-hydrogen) atoms. The number of hydrogen-bond donors (Lipinski definition) is 2. The van der Waals surface area contributed by atoms with Gasteiger partial charge in [0.2, 0.25) is 11.8 Å². The first kappa shape index (κ1) is 20.0. The molecule has 2 aliphatic rings. The largest absolute Gasteiger partial charge is 0.353 e. The van der Waals surface area contributed by atoms with E-state index in [9.17, 15) is 9.59 Å². The van der Waals surface area contributed by atoms with E-state index in [0.29, 0.717) is 29.7 Å². The molecule has 2 amide bonds. The summed E-state index contributed by atoms with van der Waals surface area (Å²) in [5.41, 5.74) is 6.51. The fourth-order valence-electron chi connectivity index (χ4n) is 3.77. The summed E-state index contributed by atoms with van der Waals surface area (Å²) >= 11 is 6.18. The molecule has 3 atom stereocenters.